The maximum absolute atomic E-state index is 11.8. The Hall–Kier alpha value is -3.52. The third kappa shape index (κ3) is 6.82. The molecule has 0 radical (unpaired) electrons. The second-order valence-electron chi connectivity index (χ2n) is 5.75. The molecule has 0 atom stereocenters. The van der Waals surface area contributed by atoms with Gasteiger partial charge in [-0.05, 0) is 23.8 Å². The van der Waals surface area contributed by atoms with E-state index in [1.165, 1.54) is 13.2 Å². The first-order valence-corrected chi connectivity index (χ1v) is 9.69. The molecule has 158 valence electrons. The molecule has 1 saturated heterocycles. The van der Waals surface area contributed by atoms with Crippen LogP contribution in [0.5, 0.6) is 11.5 Å². The highest BCUT2D eigenvalue weighted by Gasteiger charge is 2.29. The summed E-state index contributed by atoms with van der Waals surface area (Å²) in [6.45, 7) is -0.474. The predicted octanol–water partition coefficient (Wildman–Crippen LogP) is 0.966. The van der Waals surface area contributed by atoms with E-state index in [-0.39, 0.29) is 36.6 Å². The molecule has 1 heterocycles. The summed E-state index contributed by atoms with van der Waals surface area (Å²) in [4.78, 5) is 47.4. The van der Waals surface area contributed by atoms with Crippen molar-refractivity contribution in [2.24, 2.45) is 0 Å². The van der Waals surface area contributed by atoms with E-state index in [1.807, 2.05) is 6.07 Å². The molecule has 1 aromatic rings. The first-order valence-electron chi connectivity index (χ1n) is 8.71. The van der Waals surface area contributed by atoms with E-state index in [9.17, 15) is 19.2 Å². The van der Waals surface area contributed by atoms with Gasteiger partial charge in [-0.2, -0.15) is 5.26 Å². The largest absolute Gasteiger partial charge is 0.493 e. The van der Waals surface area contributed by atoms with Gasteiger partial charge in [0.2, 0.25) is 5.91 Å². The van der Waals surface area contributed by atoms with Crippen LogP contribution in [-0.4, -0.2) is 67.1 Å². The van der Waals surface area contributed by atoms with E-state index in [1.54, 1.807) is 18.2 Å². The van der Waals surface area contributed by atoms with E-state index in [4.69, 9.17) is 19.5 Å². The number of esters is 1. The Bertz CT molecular complexity index is 879. The smallest absolute Gasteiger partial charge is 0.331 e. The average Bonchev–Trinajstić information content (AvgIpc) is 3.07. The van der Waals surface area contributed by atoms with Gasteiger partial charge in [0.25, 0.3) is 11.1 Å². The number of carbonyl (C=O) groups is 4. The van der Waals surface area contributed by atoms with E-state index < -0.39 is 18.5 Å². The molecule has 10 nitrogen and oxygen atoms in total. The lowest BCUT2D eigenvalue weighted by Crippen LogP contribution is -2.38. The minimum Gasteiger partial charge on any atom is -0.493 e. The molecule has 1 aliphatic rings. The number of nitrogens with zero attached hydrogens (tertiary/aromatic N) is 2. The van der Waals surface area contributed by atoms with E-state index >= 15 is 0 Å². The van der Waals surface area contributed by atoms with Gasteiger partial charge in [0.05, 0.1) is 12.9 Å². The van der Waals surface area contributed by atoms with Crippen LogP contribution < -0.4 is 14.8 Å². The van der Waals surface area contributed by atoms with Crippen LogP contribution in [0.15, 0.2) is 24.3 Å². The number of nitrogens with one attached hydrogen (secondary N) is 1. The first kappa shape index (κ1) is 22.8. The van der Waals surface area contributed by atoms with E-state index in [2.05, 4.69) is 5.32 Å². The Kier molecular flexibility index (Phi) is 8.71. The summed E-state index contributed by atoms with van der Waals surface area (Å²) in [6.07, 6.45) is 2.62. The van der Waals surface area contributed by atoms with Gasteiger partial charge in [-0.25, -0.2) is 4.79 Å². The van der Waals surface area contributed by atoms with Crippen LogP contribution in [0.2, 0.25) is 0 Å². The first-order chi connectivity index (χ1) is 14.4. The van der Waals surface area contributed by atoms with Crippen LogP contribution in [0.1, 0.15) is 5.56 Å². The highest BCUT2D eigenvalue weighted by molar-refractivity contribution is 8.14. The average molecular weight is 433 g/mol. The van der Waals surface area contributed by atoms with Gasteiger partial charge in [-0.1, -0.05) is 17.8 Å². The Morgan fingerprint density at radius 3 is 2.80 bits per heavy atom. The zero-order chi connectivity index (χ0) is 21.9. The number of benzene rings is 1. The molecule has 0 spiro atoms. The van der Waals surface area contributed by atoms with Crippen molar-refractivity contribution in [3.8, 4) is 17.6 Å². The number of rotatable bonds is 10. The normalized spacial score (nSPS) is 13.3. The Morgan fingerprint density at radius 1 is 1.33 bits per heavy atom. The number of methoxy groups -OCH3 is 1. The highest BCUT2D eigenvalue weighted by Crippen LogP contribution is 2.28. The summed E-state index contributed by atoms with van der Waals surface area (Å²) in [7, 11) is 1.45. The number of hydrogen-bond acceptors (Lipinski definition) is 9. The Morgan fingerprint density at radius 2 is 2.13 bits per heavy atom. The molecular formula is C19H19N3O7S. The molecule has 0 saturated carbocycles. The fraction of sp³-hybridized carbons (Fsp3) is 0.316. The second-order valence-corrected chi connectivity index (χ2v) is 6.67. The van der Waals surface area contributed by atoms with Crippen LogP contribution in [-0.2, 0) is 19.1 Å². The summed E-state index contributed by atoms with van der Waals surface area (Å²) in [5.74, 6) is -0.672. The van der Waals surface area contributed by atoms with Gasteiger partial charge in [-0.3, -0.25) is 19.3 Å². The number of nitriles is 1. The summed E-state index contributed by atoms with van der Waals surface area (Å²) in [5, 5.41) is 10.7. The molecule has 1 N–H and O–H groups in total. The summed E-state index contributed by atoms with van der Waals surface area (Å²) in [6, 6.07) is 6.73. The van der Waals surface area contributed by atoms with Gasteiger partial charge in [0, 0.05) is 19.2 Å². The van der Waals surface area contributed by atoms with Gasteiger partial charge in [-0.15, -0.1) is 0 Å². The molecule has 11 heteroatoms. The van der Waals surface area contributed by atoms with Crippen LogP contribution in [0, 0.1) is 11.3 Å². The van der Waals surface area contributed by atoms with Gasteiger partial charge in [0.1, 0.15) is 6.07 Å². The van der Waals surface area contributed by atoms with Gasteiger partial charge < -0.3 is 19.5 Å². The number of hydrogen-bond donors (Lipinski definition) is 1. The monoisotopic (exact) mass is 433 g/mol. The standard InChI is InChI=1S/C19H19N3O7S/c1-27-15-10-13(2-4-14(15)28-9-6-20)3-5-18(25)29-11-16(23)21-7-8-22-17(24)12-30-19(22)26/h2-5,10H,7-9,11-12H2,1H3,(H,21,23). The van der Waals surface area contributed by atoms with E-state index in [0.717, 1.165) is 22.7 Å². The molecule has 0 aromatic heterocycles. The molecule has 30 heavy (non-hydrogen) atoms. The van der Waals surface area contributed by atoms with Crippen molar-refractivity contribution in [1.29, 1.82) is 5.26 Å². The Labute approximate surface area is 176 Å². The quantitative estimate of drug-likeness (QED) is 0.423. The summed E-state index contributed by atoms with van der Waals surface area (Å²) >= 11 is 0.917. The van der Waals surface area contributed by atoms with Crippen molar-refractivity contribution in [1.82, 2.24) is 10.2 Å². The molecule has 0 bridgehead atoms. The number of ether oxygens (including phenoxy) is 3. The second kappa shape index (κ2) is 11.5. The molecule has 0 aliphatic carbocycles. The zero-order valence-corrected chi connectivity index (χ0v) is 16.9. The molecule has 1 aliphatic heterocycles. The van der Waals surface area contributed by atoms with Crippen molar-refractivity contribution in [3.63, 3.8) is 0 Å². The number of imide groups is 1. The summed E-state index contributed by atoms with van der Waals surface area (Å²) < 4.78 is 15.2. The third-order valence-electron chi connectivity index (χ3n) is 3.74. The zero-order valence-electron chi connectivity index (χ0n) is 16.1. The SMILES string of the molecule is COc1cc(C=CC(=O)OCC(=O)NCCN2C(=O)CSC2=O)ccc1OCC#N. The van der Waals surface area contributed by atoms with Crippen LogP contribution >= 0.6 is 11.8 Å². The van der Waals surface area contributed by atoms with Crippen LogP contribution in [0.25, 0.3) is 6.08 Å². The van der Waals surface area contributed by atoms with Crippen molar-refractivity contribution in [2.75, 3.05) is 39.2 Å². The lowest BCUT2D eigenvalue weighted by Gasteiger charge is -2.12. The van der Waals surface area contributed by atoms with Crippen LogP contribution in [0.3, 0.4) is 0 Å². The number of thioether (sulfide) groups is 1. The lowest BCUT2D eigenvalue weighted by molar-refractivity contribution is -0.143. The fourth-order valence-corrected chi connectivity index (χ4v) is 3.07. The van der Waals surface area contributed by atoms with Gasteiger partial charge in [0.15, 0.2) is 24.7 Å². The van der Waals surface area contributed by atoms with Crippen molar-refractivity contribution in [3.05, 3.63) is 29.8 Å². The molecule has 2 rings (SSSR count). The van der Waals surface area contributed by atoms with E-state index in [0.29, 0.717) is 17.1 Å². The minimum atomic E-state index is -0.727. The molecule has 0 unspecified atom stereocenters. The predicted molar refractivity (Wildman–Crippen MR) is 107 cm³/mol. The van der Waals surface area contributed by atoms with Crippen molar-refractivity contribution >= 4 is 40.9 Å². The van der Waals surface area contributed by atoms with Crippen molar-refractivity contribution in [2.45, 2.75) is 0 Å². The minimum absolute atomic E-state index is 0.0696. The Balaban J connectivity index is 1.75. The lowest BCUT2D eigenvalue weighted by atomic mass is 10.2. The fourth-order valence-electron chi connectivity index (χ4n) is 2.32. The van der Waals surface area contributed by atoms with Crippen LogP contribution in [0.4, 0.5) is 4.79 Å². The summed E-state index contributed by atoms with van der Waals surface area (Å²) in [5.41, 5.74) is 0.621. The maximum Gasteiger partial charge on any atom is 0.331 e. The molecule has 3 amide bonds. The number of amides is 3. The topological polar surface area (TPSA) is 135 Å². The molecule has 1 fully saturated rings. The highest BCUT2D eigenvalue weighted by atomic mass is 32.2. The molecular weight excluding hydrogens is 414 g/mol. The number of carbonyl (C=O) groups excluding carboxylic acids is 4. The molecule has 1 aromatic carbocycles. The third-order valence-corrected chi connectivity index (χ3v) is 4.59. The maximum atomic E-state index is 11.8. The van der Waals surface area contributed by atoms with Gasteiger partial charge >= 0.3 is 5.97 Å². The van der Waals surface area contributed by atoms with Crippen molar-refractivity contribution < 1.29 is 33.4 Å².